The molecule has 82 valence electrons. The number of benzene rings is 1. The summed E-state index contributed by atoms with van der Waals surface area (Å²) >= 11 is 0. The second kappa shape index (κ2) is 3.46. The largest absolute Gasteiger partial charge is 0.398 e. The van der Waals surface area contributed by atoms with E-state index in [0.29, 0.717) is 11.3 Å². The Kier molecular flexibility index (Phi) is 2.62. The highest BCUT2D eigenvalue weighted by Gasteiger charge is 2.29. The van der Waals surface area contributed by atoms with E-state index >= 15 is 0 Å². The van der Waals surface area contributed by atoms with Crippen LogP contribution in [0.25, 0.3) is 11.1 Å². The van der Waals surface area contributed by atoms with Crippen LogP contribution in [0.1, 0.15) is 0 Å². The van der Waals surface area contributed by atoms with Crippen LogP contribution in [0.5, 0.6) is 0 Å². The number of nitrogen functional groups attached to an aromatic ring is 1. The Morgan fingerprint density at radius 2 is 1.80 bits per heavy atom. The van der Waals surface area contributed by atoms with E-state index in [4.69, 9.17) is 23.3 Å². The van der Waals surface area contributed by atoms with Gasteiger partial charge in [-0.2, -0.15) is 8.42 Å². The summed E-state index contributed by atoms with van der Waals surface area (Å²) in [4.78, 5) is 9.72. The van der Waals surface area contributed by atoms with Crippen LogP contribution < -0.4 is 5.73 Å². The van der Waals surface area contributed by atoms with Crippen molar-refractivity contribution in [3.8, 4) is 11.1 Å². The van der Waals surface area contributed by atoms with Crippen molar-refractivity contribution in [1.82, 2.24) is 0 Å². The Morgan fingerprint density at radius 1 is 1.33 bits per heavy atom. The lowest BCUT2D eigenvalue weighted by atomic mass is 9.88. The zero-order valence-corrected chi connectivity index (χ0v) is 7.93. The van der Waals surface area contributed by atoms with Crippen molar-refractivity contribution < 1.29 is 22.4 Å². The van der Waals surface area contributed by atoms with E-state index in [-0.39, 0.29) is 5.69 Å². The molecule has 15 heavy (non-hydrogen) atoms. The van der Waals surface area contributed by atoms with Gasteiger partial charge >= 0.3 is 10.4 Å². The fourth-order valence-corrected chi connectivity index (χ4v) is 1.10. The number of nitrogens with zero attached hydrogens (tertiary/aromatic N) is 1. The van der Waals surface area contributed by atoms with Crippen LogP contribution >= 0.6 is 0 Å². The van der Waals surface area contributed by atoms with Crippen molar-refractivity contribution in [2.45, 2.75) is 0 Å². The molecular formula is C6H6N2O6S. The molecule has 0 unspecified atom stereocenters. The second-order valence-electron chi connectivity index (χ2n) is 2.66. The predicted molar refractivity (Wildman–Crippen MR) is 50.7 cm³/mol. The molecule has 0 radical (unpaired) electrons. The zero-order chi connectivity index (χ0) is 11.8. The summed E-state index contributed by atoms with van der Waals surface area (Å²) in [6.07, 6.45) is 0. The van der Waals surface area contributed by atoms with Crippen LogP contribution in [-0.4, -0.2) is 22.4 Å². The third-order valence-electron chi connectivity index (χ3n) is 1.63. The monoisotopic (exact) mass is 234 g/mol. The summed E-state index contributed by atoms with van der Waals surface area (Å²) in [5, 5.41) is 10.1. The highest BCUT2D eigenvalue weighted by Crippen LogP contribution is 2.48. The van der Waals surface area contributed by atoms with Gasteiger partial charge < -0.3 is 5.73 Å². The predicted octanol–water partition coefficient (Wildman–Crippen LogP) is 0.505. The third-order valence-corrected chi connectivity index (χ3v) is 1.63. The summed E-state index contributed by atoms with van der Waals surface area (Å²) in [6.45, 7) is 0. The summed E-state index contributed by atoms with van der Waals surface area (Å²) in [7, 11) is -4.67. The van der Waals surface area contributed by atoms with Crippen molar-refractivity contribution in [2.75, 3.05) is 5.73 Å². The van der Waals surface area contributed by atoms with Crippen LogP contribution in [0.4, 0.5) is 11.4 Å². The van der Waals surface area contributed by atoms with Crippen LogP contribution in [0.15, 0.2) is 12.1 Å². The number of rotatable bonds is 1. The lowest BCUT2D eigenvalue weighted by molar-refractivity contribution is -0.385. The number of fused-ring (bicyclic) bond motifs is 1. The van der Waals surface area contributed by atoms with E-state index in [2.05, 4.69) is 0 Å². The molecule has 0 atom stereocenters. The van der Waals surface area contributed by atoms with Crippen molar-refractivity contribution in [3.63, 3.8) is 0 Å². The molecule has 2 rings (SSSR count). The Balaban J connectivity index is 0.000000195. The maximum Gasteiger partial charge on any atom is 0.394 e. The lowest BCUT2D eigenvalue weighted by Crippen LogP contribution is -2.05. The van der Waals surface area contributed by atoms with E-state index in [1.165, 1.54) is 6.07 Å². The van der Waals surface area contributed by atoms with Gasteiger partial charge in [0.05, 0.1) is 10.5 Å². The first-order chi connectivity index (χ1) is 6.70. The van der Waals surface area contributed by atoms with Gasteiger partial charge in [0.25, 0.3) is 5.69 Å². The molecule has 0 spiro atoms. The molecule has 4 N–H and O–H groups in total. The zero-order valence-electron chi connectivity index (χ0n) is 7.11. The molecule has 9 heteroatoms. The molecule has 0 saturated carbocycles. The SMILES string of the molecule is Nc1cc2cc([N+](=O)[O-])c1-2.O=S(=O)(O)O. The van der Waals surface area contributed by atoms with Crippen molar-refractivity contribution in [1.29, 1.82) is 0 Å². The summed E-state index contributed by atoms with van der Waals surface area (Å²) in [5.74, 6) is 0. The quantitative estimate of drug-likeness (QED) is 0.282. The number of hydrogen-bond donors (Lipinski definition) is 3. The van der Waals surface area contributed by atoms with Gasteiger partial charge in [0, 0.05) is 11.8 Å². The van der Waals surface area contributed by atoms with Gasteiger partial charge in [-0.15, -0.1) is 0 Å². The lowest BCUT2D eigenvalue weighted by Gasteiger charge is -2.17. The minimum atomic E-state index is -4.67. The van der Waals surface area contributed by atoms with Gasteiger partial charge in [0.15, 0.2) is 0 Å². The standard InChI is InChI=1S/C6H4N2O2.H2O4S/c7-4-1-3-2-5(6(3)4)8(9)10;1-5(2,3)4/h1-2H,7H2;(H2,1,2,3,4). The molecule has 0 fully saturated rings. The van der Waals surface area contributed by atoms with Crippen molar-refractivity contribution >= 4 is 21.8 Å². The van der Waals surface area contributed by atoms with E-state index in [1.807, 2.05) is 0 Å². The van der Waals surface area contributed by atoms with Gasteiger partial charge in [0.1, 0.15) is 0 Å². The Labute approximate surface area is 84.1 Å². The summed E-state index contributed by atoms with van der Waals surface area (Å²) < 4.78 is 31.6. The first-order valence-corrected chi connectivity index (χ1v) is 4.88. The highest BCUT2D eigenvalue weighted by atomic mass is 32.3. The van der Waals surface area contributed by atoms with Crippen molar-refractivity contribution in [2.24, 2.45) is 0 Å². The molecule has 0 saturated heterocycles. The summed E-state index contributed by atoms with van der Waals surface area (Å²) in [5.41, 5.74) is 7.57. The molecule has 2 aliphatic rings. The Hall–Kier alpha value is -1.71. The number of hydrogen-bond acceptors (Lipinski definition) is 5. The number of anilines is 1. The smallest absolute Gasteiger partial charge is 0.394 e. The molecule has 2 aliphatic carbocycles. The molecule has 0 aliphatic heterocycles. The fraction of sp³-hybridized carbons (Fsp3) is 0. The van der Waals surface area contributed by atoms with E-state index < -0.39 is 15.3 Å². The van der Waals surface area contributed by atoms with Crippen LogP contribution in [0, 0.1) is 10.1 Å². The molecular weight excluding hydrogens is 228 g/mol. The minimum absolute atomic E-state index is 0.148. The topological polar surface area (TPSA) is 144 Å². The Bertz CT molecular complexity index is 515. The average Bonchev–Trinajstić information content (AvgIpc) is 1.93. The number of nitro benzene ring substituents is 1. The first-order valence-electron chi connectivity index (χ1n) is 3.48. The Morgan fingerprint density at radius 3 is 2.00 bits per heavy atom. The molecule has 0 amide bonds. The number of nitrogens with two attached hydrogens (primary N) is 1. The first kappa shape index (κ1) is 11.4. The maximum atomic E-state index is 10.1. The van der Waals surface area contributed by atoms with Crippen molar-refractivity contribution in [3.05, 3.63) is 22.2 Å². The van der Waals surface area contributed by atoms with Gasteiger partial charge in [-0.1, -0.05) is 0 Å². The van der Waals surface area contributed by atoms with Crippen LogP contribution in [0.2, 0.25) is 0 Å². The van der Waals surface area contributed by atoms with Gasteiger partial charge in [-0.05, 0) is 11.6 Å². The molecule has 0 bridgehead atoms. The van der Waals surface area contributed by atoms with Gasteiger partial charge in [-0.25, -0.2) is 0 Å². The number of nitro groups is 1. The highest BCUT2D eigenvalue weighted by molar-refractivity contribution is 7.79. The maximum absolute atomic E-state index is 10.1. The third kappa shape index (κ3) is 2.62. The minimum Gasteiger partial charge on any atom is -0.398 e. The van der Waals surface area contributed by atoms with E-state index in [9.17, 15) is 10.1 Å². The second-order valence-corrected chi connectivity index (χ2v) is 3.56. The molecule has 0 heterocycles. The molecule has 0 aromatic carbocycles. The molecule has 0 aromatic heterocycles. The van der Waals surface area contributed by atoms with Gasteiger partial charge in [-0.3, -0.25) is 19.2 Å². The normalized spacial score (nSPS) is 11.3. The molecule has 8 nitrogen and oxygen atoms in total. The van der Waals surface area contributed by atoms with Crippen LogP contribution in [0.3, 0.4) is 0 Å². The van der Waals surface area contributed by atoms with Crippen LogP contribution in [-0.2, 0) is 10.4 Å². The fourth-order valence-electron chi connectivity index (χ4n) is 1.10. The molecule has 0 aromatic rings. The summed E-state index contributed by atoms with van der Waals surface area (Å²) in [6, 6.07) is 3.24. The average molecular weight is 234 g/mol. The van der Waals surface area contributed by atoms with E-state index in [1.54, 1.807) is 6.07 Å². The van der Waals surface area contributed by atoms with E-state index in [0.717, 1.165) is 5.56 Å². The van der Waals surface area contributed by atoms with Gasteiger partial charge in [0.2, 0.25) is 0 Å².